The van der Waals surface area contributed by atoms with Crippen LogP contribution in [-0.4, -0.2) is 59.5 Å². The molecule has 138 valence electrons. The van der Waals surface area contributed by atoms with Crippen LogP contribution in [0.4, 0.5) is 10.9 Å². The molecule has 2 aliphatic heterocycles. The molecule has 2 fully saturated rings. The number of carbonyl (C=O) groups is 1. The van der Waals surface area contributed by atoms with Crippen molar-refractivity contribution >= 4 is 28.2 Å². The van der Waals surface area contributed by atoms with E-state index in [1.807, 2.05) is 23.7 Å². The Hall–Kier alpha value is -2.03. The van der Waals surface area contributed by atoms with Crippen LogP contribution in [0.25, 0.3) is 0 Å². The first-order chi connectivity index (χ1) is 12.8. The topological polar surface area (TPSA) is 73.4 Å². The lowest BCUT2D eigenvalue weighted by Gasteiger charge is -2.35. The molecule has 1 atom stereocenters. The molecule has 2 aliphatic rings. The Labute approximate surface area is 157 Å². The maximum absolute atomic E-state index is 12.2. The average molecular weight is 372 g/mol. The van der Waals surface area contributed by atoms with Crippen LogP contribution in [-0.2, 0) is 11.3 Å². The Bertz CT molecular complexity index is 722. The largest absolute Gasteiger partial charge is 0.354 e. The first-order valence-electron chi connectivity index (χ1n) is 9.15. The Kier molecular flexibility index (Phi) is 5.42. The predicted octanol–water partition coefficient (Wildman–Crippen LogP) is 1.55. The monoisotopic (exact) mass is 372 g/mol. The molecule has 0 aromatic carbocycles. The van der Waals surface area contributed by atoms with Crippen molar-refractivity contribution in [1.82, 2.24) is 20.2 Å². The van der Waals surface area contributed by atoms with Gasteiger partial charge in [-0.1, -0.05) is 6.07 Å². The lowest BCUT2D eigenvalue weighted by atomic mass is 10.2. The quantitative estimate of drug-likeness (QED) is 0.830. The first kappa shape index (κ1) is 17.4. The maximum Gasteiger partial charge on any atom is 0.243 e. The summed E-state index contributed by atoms with van der Waals surface area (Å²) in [4.78, 5) is 25.9. The van der Waals surface area contributed by atoms with Crippen LogP contribution >= 0.6 is 11.3 Å². The Morgan fingerprint density at radius 1 is 1.31 bits per heavy atom. The van der Waals surface area contributed by atoms with Gasteiger partial charge in [0, 0.05) is 44.3 Å². The molecule has 2 saturated heterocycles. The van der Waals surface area contributed by atoms with Crippen molar-refractivity contribution in [1.29, 1.82) is 0 Å². The van der Waals surface area contributed by atoms with Gasteiger partial charge in [0.05, 0.1) is 11.7 Å². The molecule has 0 aliphatic carbocycles. The van der Waals surface area contributed by atoms with Crippen LogP contribution in [0, 0.1) is 0 Å². The van der Waals surface area contributed by atoms with E-state index >= 15 is 0 Å². The number of rotatable bonds is 5. The van der Waals surface area contributed by atoms with Gasteiger partial charge in [-0.25, -0.2) is 9.97 Å². The number of carbonyl (C=O) groups excluding carboxylic acids is 1. The highest BCUT2D eigenvalue weighted by molar-refractivity contribution is 7.13. The summed E-state index contributed by atoms with van der Waals surface area (Å²) in [5.41, 5.74) is 1.02. The van der Waals surface area contributed by atoms with Gasteiger partial charge in [-0.2, -0.15) is 0 Å². The molecule has 0 radical (unpaired) electrons. The Morgan fingerprint density at radius 2 is 2.19 bits per heavy atom. The van der Waals surface area contributed by atoms with Gasteiger partial charge in [0.2, 0.25) is 5.91 Å². The normalized spacial score (nSPS) is 21.1. The molecule has 0 saturated carbocycles. The highest BCUT2D eigenvalue weighted by Crippen LogP contribution is 2.19. The third-order valence-corrected chi connectivity index (χ3v) is 5.70. The number of hydrogen-bond donors (Lipinski definition) is 2. The van der Waals surface area contributed by atoms with Crippen molar-refractivity contribution in [3.8, 4) is 0 Å². The molecule has 8 heteroatoms. The minimum Gasteiger partial charge on any atom is -0.354 e. The van der Waals surface area contributed by atoms with E-state index in [1.54, 1.807) is 0 Å². The van der Waals surface area contributed by atoms with Crippen LogP contribution in [0.2, 0.25) is 0 Å². The summed E-state index contributed by atoms with van der Waals surface area (Å²) >= 11 is 1.50. The maximum atomic E-state index is 12.2. The standard InChI is InChI=1S/C18H24N6OS/c25-17(15-4-3-7-19-15)22-18-21-14(13-26-18)12-23-8-10-24(11-9-23)16-5-1-2-6-20-16/h1-2,5-6,13,15,19H,3-4,7-12H2,(H,21,22,25). The van der Waals surface area contributed by atoms with Gasteiger partial charge in [-0.15, -0.1) is 11.3 Å². The molecular formula is C18H24N6OS. The molecule has 1 amide bonds. The van der Waals surface area contributed by atoms with Gasteiger partial charge in [-0.05, 0) is 31.5 Å². The second-order valence-corrected chi connectivity index (χ2v) is 7.59. The molecular weight excluding hydrogens is 348 g/mol. The Morgan fingerprint density at radius 3 is 2.92 bits per heavy atom. The van der Waals surface area contributed by atoms with Crippen molar-refractivity contribution in [3.05, 3.63) is 35.5 Å². The first-order valence-corrected chi connectivity index (χ1v) is 10.0. The summed E-state index contributed by atoms with van der Waals surface area (Å²) in [7, 11) is 0. The van der Waals surface area contributed by atoms with E-state index in [9.17, 15) is 4.79 Å². The van der Waals surface area contributed by atoms with Crippen LogP contribution in [0.1, 0.15) is 18.5 Å². The fourth-order valence-corrected chi connectivity index (χ4v) is 4.15. The second-order valence-electron chi connectivity index (χ2n) is 6.73. The van der Waals surface area contributed by atoms with Crippen molar-refractivity contribution in [2.45, 2.75) is 25.4 Å². The molecule has 0 spiro atoms. The van der Waals surface area contributed by atoms with Gasteiger partial charge in [0.1, 0.15) is 5.82 Å². The predicted molar refractivity (Wildman–Crippen MR) is 103 cm³/mol. The zero-order valence-corrected chi connectivity index (χ0v) is 15.5. The zero-order valence-electron chi connectivity index (χ0n) is 14.7. The van der Waals surface area contributed by atoms with E-state index in [0.717, 1.165) is 63.6 Å². The van der Waals surface area contributed by atoms with Crippen molar-refractivity contribution in [2.24, 2.45) is 0 Å². The fraction of sp³-hybridized carbons (Fsp3) is 0.500. The molecule has 0 bridgehead atoms. The number of nitrogens with zero attached hydrogens (tertiary/aromatic N) is 4. The minimum atomic E-state index is -0.0676. The SMILES string of the molecule is O=C(Nc1nc(CN2CCN(c3ccccn3)CC2)cs1)C1CCCN1. The van der Waals surface area contributed by atoms with Crippen LogP contribution in [0.5, 0.6) is 0 Å². The number of anilines is 2. The number of thiazole rings is 1. The van der Waals surface area contributed by atoms with E-state index in [2.05, 4.69) is 36.5 Å². The van der Waals surface area contributed by atoms with Gasteiger partial charge in [-0.3, -0.25) is 9.69 Å². The fourth-order valence-electron chi connectivity index (χ4n) is 3.44. The van der Waals surface area contributed by atoms with Gasteiger partial charge in [0.25, 0.3) is 0 Å². The lowest BCUT2D eigenvalue weighted by molar-refractivity contribution is -0.117. The summed E-state index contributed by atoms with van der Waals surface area (Å²) in [6.45, 7) is 5.66. The summed E-state index contributed by atoms with van der Waals surface area (Å²) in [5, 5.41) is 8.90. The van der Waals surface area contributed by atoms with Crippen LogP contribution in [0.3, 0.4) is 0 Å². The second kappa shape index (κ2) is 8.11. The smallest absolute Gasteiger partial charge is 0.243 e. The third kappa shape index (κ3) is 4.20. The van der Waals surface area contributed by atoms with Crippen molar-refractivity contribution < 1.29 is 4.79 Å². The molecule has 4 rings (SSSR count). The number of aromatic nitrogens is 2. The highest BCUT2D eigenvalue weighted by Gasteiger charge is 2.23. The number of hydrogen-bond acceptors (Lipinski definition) is 7. The molecule has 2 aromatic heterocycles. The number of amides is 1. The lowest BCUT2D eigenvalue weighted by Crippen LogP contribution is -2.46. The number of pyridine rings is 1. The average Bonchev–Trinajstić information content (AvgIpc) is 3.35. The van der Waals surface area contributed by atoms with Crippen molar-refractivity contribution in [3.63, 3.8) is 0 Å². The summed E-state index contributed by atoms with van der Waals surface area (Å²) < 4.78 is 0. The Balaban J connectivity index is 1.26. The summed E-state index contributed by atoms with van der Waals surface area (Å²) in [5.74, 6) is 1.08. The highest BCUT2D eigenvalue weighted by atomic mass is 32.1. The van der Waals surface area contributed by atoms with E-state index < -0.39 is 0 Å². The number of piperazine rings is 1. The van der Waals surface area contributed by atoms with Gasteiger partial charge in [0.15, 0.2) is 5.13 Å². The molecule has 7 nitrogen and oxygen atoms in total. The zero-order chi connectivity index (χ0) is 17.8. The molecule has 4 heterocycles. The van der Waals surface area contributed by atoms with E-state index in [0.29, 0.717) is 5.13 Å². The van der Waals surface area contributed by atoms with E-state index in [1.165, 1.54) is 11.3 Å². The van der Waals surface area contributed by atoms with Gasteiger partial charge >= 0.3 is 0 Å². The summed E-state index contributed by atoms with van der Waals surface area (Å²) in [6.07, 6.45) is 3.81. The molecule has 2 N–H and O–H groups in total. The molecule has 26 heavy (non-hydrogen) atoms. The van der Waals surface area contributed by atoms with E-state index in [-0.39, 0.29) is 11.9 Å². The van der Waals surface area contributed by atoms with Crippen LogP contribution in [0.15, 0.2) is 29.8 Å². The van der Waals surface area contributed by atoms with Gasteiger partial charge < -0.3 is 15.5 Å². The summed E-state index contributed by atoms with van der Waals surface area (Å²) in [6, 6.07) is 5.97. The third-order valence-electron chi connectivity index (χ3n) is 4.89. The van der Waals surface area contributed by atoms with Crippen LogP contribution < -0.4 is 15.5 Å². The molecule has 2 aromatic rings. The molecule has 1 unspecified atom stereocenters. The van der Waals surface area contributed by atoms with Crippen molar-refractivity contribution in [2.75, 3.05) is 42.9 Å². The minimum absolute atomic E-state index is 0.0346. The van der Waals surface area contributed by atoms with E-state index in [4.69, 9.17) is 0 Å². The number of nitrogens with one attached hydrogen (secondary N) is 2.